The molecule has 5 nitrogen and oxygen atoms in total. The van der Waals surface area contributed by atoms with Crippen molar-refractivity contribution in [1.29, 1.82) is 0 Å². The highest BCUT2D eigenvalue weighted by Crippen LogP contribution is 2.23. The molecule has 6 heteroatoms. The average molecular weight is 394 g/mol. The number of nitrogens with zero attached hydrogens (tertiary/aromatic N) is 1. The molecule has 0 saturated carbocycles. The molecule has 0 aliphatic rings. The van der Waals surface area contributed by atoms with Crippen molar-refractivity contribution in [3.8, 4) is 0 Å². The molecule has 0 radical (unpaired) electrons. The summed E-state index contributed by atoms with van der Waals surface area (Å²) in [4.78, 5) is 28.6. The van der Waals surface area contributed by atoms with Gasteiger partial charge in [-0.2, -0.15) is 0 Å². The maximum absolute atomic E-state index is 12.1. The largest absolute Gasteiger partial charge is 0.455 e. The van der Waals surface area contributed by atoms with Crippen molar-refractivity contribution in [2.45, 2.75) is 25.8 Å². The molecule has 0 aliphatic carbocycles. The van der Waals surface area contributed by atoms with Crippen LogP contribution in [0.4, 0.5) is 5.69 Å². The van der Waals surface area contributed by atoms with Gasteiger partial charge in [0.05, 0.1) is 16.3 Å². The number of nitrogens with one attached hydrogen (secondary N) is 1. The van der Waals surface area contributed by atoms with Crippen LogP contribution in [0.5, 0.6) is 0 Å². The highest BCUT2D eigenvalue weighted by Gasteiger charge is 2.12. The van der Waals surface area contributed by atoms with Gasteiger partial charge in [0, 0.05) is 11.1 Å². The Bertz CT molecular complexity index is 1010. The van der Waals surface area contributed by atoms with E-state index in [1.54, 1.807) is 0 Å². The Kier molecular flexibility index (Phi) is 6.31. The van der Waals surface area contributed by atoms with Crippen molar-refractivity contribution >= 4 is 40.2 Å². The third-order valence-electron chi connectivity index (χ3n) is 4.35. The quantitative estimate of drug-likeness (QED) is 0.495. The predicted molar refractivity (Wildman–Crippen MR) is 113 cm³/mol. The fourth-order valence-corrected chi connectivity index (χ4v) is 3.67. The zero-order chi connectivity index (χ0) is 20.1. The monoisotopic (exact) mass is 394 g/mol. The number of hydrogen-bond donors (Lipinski definition) is 1. The molecule has 0 bridgehead atoms. The number of carbonyl (C=O) groups is 2. The predicted octanol–water partition coefficient (Wildman–Crippen LogP) is 4.43. The van der Waals surface area contributed by atoms with E-state index in [-0.39, 0.29) is 18.3 Å². The Hall–Kier alpha value is -2.86. The van der Waals surface area contributed by atoms with E-state index in [0.717, 1.165) is 38.3 Å². The molecule has 0 fully saturated rings. The minimum atomic E-state index is -0.450. The summed E-state index contributed by atoms with van der Waals surface area (Å²) in [6.45, 7) is 5.55. The number of hydrogen-bond acceptors (Lipinski definition) is 5. The van der Waals surface area contributed by atoms with Crippen LogP contribution in [0.2, 0.25) is 0 Å². The number of thioether (sulfide) groups is 1. The molecule has 0 atom stereocenters. The summed E-state index contributed by atoms with van der Waals surface area (Å²) < 4.78 is 5.10. The van der Waals surface area contributed by atoms with Crippen molar-refractivity contribution in [2.75, 3.05) is 17.7 Å². The lowest BCUT2D eigenvalue weighted by molar-refractivity contribution is -0.144. The van der Waals surface area contributed by atoms with Crippen molar-refractivity contribution < 1.29 is 14.3 Å². The SMILES string of the molecule is Cc1cccc(C)c1NC(=O)COC(=O)CSc1cc(C)c2ccccc2n1. The van der Waals surface area contributed by atoms with Crippen molar-refractivity contribution in [3.63, 3.8) is 0 Å². The molecular weight excluding hydrogens is 372 g/mol. The van der Waals surface area contributed by atoms with Gasteiger partial charge in [0.2, 0.25) is 0 Å². The lowest BCUT2D eigenvalue weighted by Gasteiger charge is -2.11. The molecule has 0 aliphatic heterocycles. The van der Waals surface area contributed by atoms with Crippen LogP contribution in [-0.2, 0) is 14.3 Å². The van der Waals surface area contributed by atoms with E-state index in [2.05, 4.69) is 10.3 Å². The van der Waals surface area contributed by atoms with Gasteiger partial charge in [0.15, 0.2) is 6.61 Å². The first-order valence-corrected chi connectivity index (χ1v) is 9.93. The van der Waals surface area contributed by atoms with E-state index < -0.39 is 5.97 Å². The number of aryl methyl sites for hydroxylation is 3. The van der Waals surface area contributed by atoms with Gasteiger partial charge in [0.25, 0.3) is 5.91 Å². The van der Waals surface area contributed by atoms with Gasteiger partial charge in [-0.3, -0.25) is 9.59 Å². The second kappa shape index (κ2) is 8.89. The third-order valence-corrected chi connectivity index (χ3v) is 5.23. The molecule has 144 valence electrons. The van der Waals surface area contributed by atoms with Gasteiger partial charge in [-0.1, -0.05) is 48.2 Å². The molecule has 2 aromatic carbocycles. The molecule has 1 amide bonds. The first kappa shape index (κ1) is 19.9. The molecule has 3 aromatic rings. The van der Waals surface area contributed by atoms with E-state index in [4.69, 9.17) is 4.74 Å². The summed E-state index contributed by atoms with van der Waals surface area (Å²) >= 11 is 1.30. The minimum absolute atomic E-state index is 0.0987. The Labute approximate surface area is 168 Å². The molecule has 1 aromatic heterocycles. The van der Waals surface area contributed by atoms with Crippen LogP contribution in [0, 0.1) is 20.8 Å². The number of rotatable bonds is 6. The van der Waals surface area contributed by atoms with Crippen LogP contribution >= 0.6 is 11.8 Å². The molecule has 1 heterocycles. The Morgan fingerprint density at radius 3 is 2.46 bits per heavy atom. The average Bonchev–Trinajstić information content (AvgIpc) is 2.68. The number of carbonyl (C=O) groups excluding carboxylic acids is 2. The van der Waals surface area contributed by atoms with Crippen LogP contribution in [0.3, 0.4) is 0 Å². The van der Waals surface area contributed by atoms with Crippen LogP contribution in [0.25, 0.3) is 10.9 Å². The summed E-state index contributed by atoms with van der Waals surface area (Å²) in [7, 11) is 0. The Morgan fingerprint density at radius 1 is 1.00 bits per heavy atom. The van der Waals surface area contributed by atoms with E-state index >= 15 is 0 Å². The van der Waals surface area contributed by atoms with Crippen molar-refractivity contribution in [2.24, 2.45) is 0 Å². The lowest BCUT2D eigenvalue weighted by atomic mass is 10.1. The first-order chi connectivity index (χ1) is 13.4. The fraction of sp³-hybridized carbons (Fsp3) is 0.227. The first-order valence-electron chi connectivity index (χ1n) is 8.95. The highest BCUT2D eigenvalue weighted by molar-refractivity contribution is 7.99. The van der Waals surface area contributed by atoms with Gasteiger partial charge in [-0.05, 0) is 49.6 Å². The number of pyridine rings is 1. The van der Waals surface area contributed by atoms with Crippen LogP contribution < -0.4 is 5.32 Å². The summed E-state index contributed by atoms with van der Waals surface area (Å²) in [5.41, 5.74) is 4.69. The molecule has 0 saturated heterocycles. The fourth-order valence-electron chi connectivity index (χ4n) is 2.90. The number of esters is 1. The van der Waals surface area contributed by atoms with Crippen molar-refractivity contribution in [1.82, 2.24) is 4.98 Å². The van der Waals surface area contributed by atoms with Crippen LogP contribution in [-0.4, -0.2) is 29.2 Å². The summed E-state index contributed by atoms with van der Waals surface area (Å²) in [5.74, 6) is -0.703. The van der Waals surface area contributed by atoms with Crippen LogP contribution in [0.15, 0.2) is 53.6 Å². The third kappa shape index (κ3) is 4.89. The van der Waals surface area contributed by atoms with Gasteiger partial charge in [-0.25, -0.2) is 4.98 Å². The lowest BCUT2D eigenvalue weighted by Crippen LogP contribution is -2.22. The van der Waals surface area contributed by atoms with Gasteiger partial charge in [0.1, 0.15) is 0 Å². The smallest absolute Gasteiger partial charge is 0.316 e. The second-order valence-corrected chi connectivity index (χ2v) is 7.55. The number of anilines is 1. The molecule has 28 heavy (non-hydrogen) atoms. The zero-order valence-electron chi connectivity index (χ0n) is 16.1. The number of ether oxygens (including phenoxy) is 1. The topological polar surface area (TPSA) is 68.3 Å². The van der Waals surface area contributed by atoms with Gasteiger partial charge >= 0.3 is 5.97 Å². The van der Waals surface area contributed by atoms with Crippen molar-refractivity contribution in [3.05, 3.63) is 65.2 Å². The molecular formula is C22H22N2O3S. The second-order valence-electron chi connectivity index (χ2n) is 6.56. The van der Waals surface area contributed by atoms with Gasteiger partial charge < -0.3 is 10.1 Å². The Balaban J connectivity index is 1.51. The maximum atomic E-state index is 12.1. The van der Waals surface area contributed by atoms with E-state index in [1.807, 2.05) is 69.3 Å². The molecule has 1 N–H and O–H groups in total. The minimum Gasteiger partial charge on any atom is -0.455 e. The molecule has 0 spiro atoms. The van der Waals surface area contributed by atoms with E-state index in [0.29, 0.717) is 0 Å². The molecule has 3 rings (SSSR count). The number of aromatic nitrogens is 1. The number of fused-ring (bicyclic) bond motifs is 1. The van der Waals surface area contributed by atoms with Gasteiger partial charge in [-0.15, -0.1) is 0 Å². The molecule has 0 unspecified atom stereocenters. The van der Waals surface area contributed by atoms with E-state index in [9.17, 15) is 9.59 Å². The summed E-state index contributed by atoms with van der Waals surface area (Å²) in [6.07, 6.45) is 0. The van der Waals surface area contributed by atoms with E-state index in [1.165, 1.54) is 11.8 Å². The Morgan fingerprint density at radius 2 is 1.71 bits per heavy atom. The normalized spacial score (nSPS) is 10.7. The van der Waals surface area contributed by atoms with Crippen LogP contribution in [0.1, 0.15) is 16.7 Å². The summed E-state index contributed by atoms with van der Waals surface area (Å²) in [5, 5.41) is 4.65. The standard InChI is InChI=1S/C22H22N2O3S/c1-14-7-6-8-15(2)22(14)24-19(25)12-27-21(26)13-28-20-11-16(3)17-9-4-5-10-18(17)23-20/h4-11H,12-13H2,1-3H3,(H,24,25). The number of benzene rings is 2. The highest BCUT2D eigenvalue weighted by atomic mass is 32.2. The number of para-hydroxylation sites is 2. The zero-order valence-corrected chi connectivity index (χ0v) is 16.9. The number of amides is 1. The maximum Gasteiger partial charge on any atom is 0.316 e. The summed E-state index contributed by atoms with van der Waals surface area (Å²) in [6, 6.07) is 15.6.